The van der Waals surface area contributed by atoms with Crippen LogP contribution in [0.2, 0.25) is 0 Å². The quantitative estimate of drug-likeness (QED) is 0.635. The predicted octanol–water partition coefficient (Wildman–Crippen LogP) is 5.57. The van der Waals surface area contributed by atoms with Crippen molar-refractivity contribution in [2.75, 3.05) is 0 Å². The van der Waals surface area contributed by atoms with Gasteiger partial charge in [-0.25, -0.2) is 0 Å². The maximum absolute atomic E-state index is 10.3. The van der Waals surface area contributed by atoms with Crippen LogP contribution in [0, 0.1) is 0 Å². The van der Waals surface area contributed by atoms with Crippen molar-refractivity contribution in [2.24, 2.45) is 0 Å². The number of aromatic hydroxyl groups is 1. The molecule has 2 aliphatic rings. The molecule has 0 saturated heterocycles. The number of phenols is 1. The molecule has 2 aliphatic heterocycles. The number of hydrogen-bond donors (Lipinski definition) is 1. The van der Waals surface area contributed by atoms with Crippen molar-refractivity contribution < 1.29 is 9.84 Å². The van der Waals surface area contributed by atoms with E-state index in [0.29, 0.717) is 5.75 Å². The Balaban J connectivity index is 2.00. The van der Waals surface area contributed by atoms with Gasteiger partial charge in [-0.05, 0) is 71.1 Å². The Kier molecular flexibility index (Phi) is 4.34. The summed E-state index contributed by atoms with van der Waals surface area (Å²) in [6, 6.07) is 3.83. The molecule has 0 aliphatic carbocycles. The average molecular weight is 310 g/mol. The summed E-state index contributed by atoms with van der Waals surface area (Å²) in [5.41, 5.74) is 4.37. The number of ether oxygens (including phenoxy) is 1. The number of rotatable bonds is 0. The van der Waals surface area contributed by atoms with E-state index in [1.807, 2.05) is 12.1 Å². The number of phenolic OH excluding ortho intramolecular Hbond substituents is 1. The van der Waals surface area contributed by atoms with E-state index in [1.165, 1.54) is 11.1 Å². The van der Waals surface area contributed by atoms with E-state index in [0.717, 1.165) is 49.0 Å². The van der Waals surface area contributed by atoms with Crippen molar-refractivity contribution >= 4 is 6.08 Å². The molecule has 0 fully saturated rings. The number of benzene rings is 1. The molecule has 1 aromatic rings. The molecule has 3 rings (SSSR count). The first-order valence-electron chi connectivity index (χ1n) is 8.51. The number of allylic oxidation sites excluding steroid dienone is 4. The molecule has 2 nitrogen and oxygen atoms in total. The molecule has 2 heterocycles. The molecule has 0 radical (unpaired) electrons. The first-order valence-corrected chi connectivity index (χ1v) is 8.51. The zero-order chi connectivity index (χ0) is 16.4. The highest BCUT2D eigenvalue weighted by atomic mass is 16.5. The Morgan fingerprint density at radius 2 is 1.87 bits per heavy atom. The Morgan fingerprint density at radius 3 is 2.70 bits per heavy atom. The predicted molar refractivity (Wildman–Crippen MR) is 95.9 cm³/mol. The smallest absolute Gasteiger partial charge is 0.128 e. The minimum Gasteiger partial charge on any atom is -0.508 e. The van der Waals surface area contributed by atoms with Gasteiger partial charge < -0.3 is 9.84 Å². The number of hydrogen-bond acceptors (Lipinski definition) is 2. The second-order valence-corrected chi connectivity index (χ2v) is 7.12. The Bertz CT molecular complexity index is 694. The standard InChI is InChI=1S/C21H26O2/c1-15-6-4-7-16(2)12-18-14-20-17(13-19(18)22)9-11-21(3,23-20)10-5-8-15/h7-9,11,13-14,22H,4-6,10,12H2,1-3H3/b15-8+,16-7-. The van der Waals surface area contributed by atoms with Gasteiger partial charge in [0.25, 0.3) is 0 Å². The molecule has 0 amide bonds. The van der Waals surface area contributed by atoms with E-state index in [2.05, 4.69) is 45.1 Å². The molecule has 2 heteroatoms. The van der Waals surface area contributed by atoms with E-state index in [9.17, 15) is 5.11 Å². The zero-order valence-corrected chi connectivity index (χ0v) is 14.4. The van der Waals surface area contributed by atoms with Crippen molar-refractivity contribution in [1.82, 2.24) is 0 Å². The molecule has 1 N–H and O–H groups in total. The summed E-state index contributed by atoms with van der Waals surface area (Å²) < 4.78 is 6.28. The van der Waals surface area contributed by atoms with Gasteiger partial charge >= 0.3 is 0 Å². The average Bonchev–Trinajstić information content (AvgIpc) is 2.48. The monoisotopic (exact) mass is 310 g/mol. The molecule has 23 heavy (non-hydrogen) atoms. The Labute approximate surface area is 139 Å². The Morgan fingerprint density at radius 1 is 1.09 bits per heavy atom. The van der Waals surface area contributed by atoms with Crippen LogP contribution in [0.1, 0.15) is 57.6 Å². The van der Waals surface area contributed by atoms with E-state index >= 15 is 0 Å². The van der Waals surface area contributed by atoms with Crippen molar-refractivity contribution in [3.8, 4) is 11.5 Å². The summed E-state index contributed by atoms with van der Waals surface area (Å²) in [4.78, 5) is 0. The second kappa shape index (κ2) is 6.27. The van der Waals surface area contributed by atoms with Gasteiger partial charge in [-0.15, -0.1) is 0 Å². The van der Waals surface area contributed by atoms with Gasteiger partial charge in [-0.3, -0.25) is 0 Å². The largest absolute Gasteiger partial charge is 0.508 e. The van der Waals surface area contributed by atoms with E-state index in [4.69, 9.17) is 4.74 Å². The van der Waals surface area contributed by atoms with Gasteiger partial charge in [0.1, 0.15) is 17.1 Å². The molecule has 1 unspecified atom stereocenters. The first kappa shape index (κ1) is 15.9. The van der Waals surface area contributed by atoms with Crippen molar-refractivity contribution in [1.29, 1.82) is 0 Å². The third-order valence-corrected chi connectivity index (χ3v) is 4.80. The second-order valence-electron chi connectivity index (χ2n) is 7.12. The zero-order valence-electron chi connectivity index (χ0n) is 14.4. The van der Waals surface area contributed by atoms with Gasteiger partial charge in [-0.1, -0.05) is 29.4 Å². The summed E-state index contributed by atoms with van der Waals surface area (Å²) in [7, 11) is 0. The fraction of sp³-hybridized carbons (Fsp3) is 0.429. The summed E-state index contributed by atoms with van der Waals surface area (Å²) in [5, 5.41) is 10.3. The lowest BCUT2D eigenvalue weighted by Gasteiger charge is -2.32. The van der Waals surface area contributed by atoms with Crippen LogP contribution in [0.4, 0.5) is 0 Å². The van der Waals surface area contributed by atoms with Crippen LogP contribution in [-0.2, 0) is 6.42 Å². The molecule has 3 bridgehead atoms. The minimum atomic E-state index is -0.271. The fourth-order valence-corrected chi connectivity index (χ4v) is 3.30. The van der Waals surface area contributed by atoms with E-state index < -0.39 is 0 Å². The van der Waals surface area contributed by atoms with Crippen LogP contribution in [0.25, 0.3) is 6.08 Å². The van der Waals surface area contributed by atoms with Crippen molar-refractivity contribution in [3.63, 3.8) is 0 Å². The normalized spacial score (nSPS) is 29.0. The first-order chi connectivity index (χ1) is 11.0. The third-order valence-electron chi connectivity index (χ3n) is 4.80. The highest BCUT2D eigenvalue weighted by Crippen LogP contribution is 2.38. The maximum Gasteiger partial charge on any atom is 0.128 e. The van der Waals surface area contributed by atoms with Crippen LogP contribution >= 0.6 is 0 Å². The van der Waals surface area contributed by atoms with Gasteiger partial charge in [0, 0.05) is 11.1 Å². The van der Waals surface area contributed by atoms with Crippen LogP contribution in [0.15, 0.2) is 41.5 Å². The van der Waals surface area contributed by atoms with Crippen LogP contribution < -0.4 is 4.74 Å². The topological polar surface area (TPSA) is 29.5 Å². The summed E-state index contributed by atoms with van der Waals surface area (Å²) in [6.45, 7) is 6.48. The molecule has 1 atom stereocenters. The van der Waals surface area contributed by atoms with E-state index in [1.54, 1.807) is 0 Å². The molecule has 0 spiro atoms. The van der Waals surface area contributed by atoms with Crippen molar-refractivity contribution in [3.05, 3.63) is 52.6 Å². The van der Waals surface area contributed by atoms with Gasteiger partial charge in [-0.2, -0.15) is 0 Å². The summed E-state index contributed by atoms with van der Waals surface area (Å²) in [5.74, 6) is 1.24. The fourth-order valence-electron chi connectivity index (χ4n) is 3.30. The lowest BCUT2D eigenvalue weighted by molar-refractivity contribution is 0.128. The lowest BCUT2D eigenvalue weighted by Crippen LogP contribution is -2.31. The minimum absolute atomic E-state index is 0.271. The number of fused-ring (bicyclic) bond motifs is 2. The lowest BCUT2D eigenvalue weighted by atomic mass is 9.92. The molecule has 1 aromatic carbocycles. The summed E-state index contributed by atoms with van der Waals surface area (Å²) >= 11 is 0. The van der Waals surface area contributed by atoms with Gasteiger partial charge in [0.2, 0.25) is 0 Å². The highest BCUT2D eigenvalue weighted by molar-refractivity contribution is 5.64. The van der Waals surface area contributed by atoms with Gasteiger partial charge in [0.05, 0.1) is 0 Å². The van der Waals surface area contributed by atoms with Crippen LogP contribution in [0.3, 0.4) is 0 Å². The molecular weight excluding hydrogens is 284 g/mol. The molecule has 0 aromatic heterocycles. The van der Waals surface area contributed by atoms with E-state index in [-0.39, 0.29) is 5.60 Å². The highest BCUT2D eigenvalue weighted by Gasteiger charge is 2.27. The van der Waals surface area contributed by atoms with Crippen LogP contribution in [-0.4, -0.2) is 10.7 Å². The summed E-state index contributed by atoms with van der Waals surface area (Å²) in [6.07, 6.45) is 13.7. The van der Waals surface area contributed by atoms with Crippen molar-refractivity contribution in [2.45, 2.75) is 58.5 Å². The third kappa shape index (κ3) is 3.69. The van der Waals surface area contributed by atoms with Gasteiger partial charge in [0.15, 0.2) is 0 Å². The molecule has 122 valence electrons. The van der Waals surface area contributed by atoms with Crippen LogP contribution in [0.5, 0.6) is 11.5 Å². The molecular formula is C21H26O2. The SMILES string of the molecule is C/C1=C/CC/C(C)=C/CCC2(C)C=Cc3cc(O)c(cc3O2)C1. The maximum atomic E-state index is 10.3. The Hall–Kier alpha value is -1.96. The molecule has 0 saturated carbocycles.